The fourth-order valence-corrected chi connectivity index (χ4v) is 1.34. The maximum Gasteiger partial charge on any atom is 0.187 e. The van der Waals surface area contributed by atoms with Crippen molar-refractivity contribution in [3.8, 4) is 6.07 Å². The van der Waals surface area contributed by atoms with E-state index in [1.54, 1.807) is 18.2 Å². The van der Waals surface area contributed by atoms with Crippen molar-refractivity contribution in [2.24, 2.45) is 0 Å². The van der Waals surface area contributed by atoms with Gasteiger partial charge in [0.05, 0.1) is 0 Å². The average Bonchev–Trinajstić information content (AvgIpc) is 2.18. The van der Waals surface area contributed by atoms with Crippen molar-refractivity contribution in [2.75, 3.05) is 11.6 Å². The van der Waals surface area contributed by atoms with Crippen molar-refractivity contribution < 1.29 is 8.42 Å². The molecule has 0 unspecified atom stereocenters. The molecule has 0 aliphatic rings. The predicted octanol–water partition coefficient (Wildman–Crippen LogP) is 1.51. The van der Waals surface area contributed by atoms with E-state index in [9.17, 15) is 8.42 Å². The second-order valence-corrected chi connectivity index (χ2v) is 4.89. The van der Waals surface area contributed by atoms with E-state index in [1.807, 2.05) is 18.2 Å². The summed E-state index contributed by atoms with van der Waals surface area (Å²) in [5.74, 6) is 0. The maximum absolute atomic E-state index is 11.1. The zero-order chi connectivity index (χ0) is 11.3. The van der Waals surface area contributed by atoms with Gasteiger partial charge in [-0.3, -0.25) is 0 Å². The van der Waals surface area contributed by atoms with Crippen LogP contribution in [0.15, 0.2) is 41.4 Å². The molecule has 0 aromatic heterocycles. The fraction of sp³-hybridized carbons (Fsp3) is 0.100. The van der Waals surface area contributed by atoms with Gasteiger partial charge >= 0.3 is 0 Å². The summed E-state index contributed by atoms with van der Waals surface area (Å²) in [4.78, 5) is -0.286. The van der Waals surface area contributed by atoms with E-state index in [-0.39, 0.29) is 4.91 Å². The lowest BCUT2D eigenvalue weighted by Gasteiger charge is -2.00. The number of benzene rings is 1. The molecule has 0 aliphatic heterocycles. The molecule has 0 bridgehead atoms. The minimum atomic E-state index is -3.45. The van der Waals surface area contributed by atoms with Gasteiger partial charge in [-0.25, -0.2) is 8.42 Å². The highest BCUT2D eigenvalue weighted by molar-refractivity contribution is 7.94. The Morgan fingerprint density at radius 3 is 2.47 bits per heavy atom. The number of nitrogens with zero attached hydrogens (tertiary/aromatic N) is 1. The second kappa shape index (κ2) is 4.62. The molecule has 1 aromatic rings. The summed E-state index contributed by atoms with van der Waals surface area (Å²) >= 11 is 0. The highest BCUT2D eigenvalue weighted by Crippen LogP contribution is 2.08. The van der Waals surface area contributed by atoms with Crippen LogP contribution in [0.4, 0.5) is 5.69 Å². The van der Waals surface area contributed by atoms with Gasteiger partial charge in [0.15, 0.2) is 14.7 Å². The Morgan fingerprint density at radius 2 is 2.00 bits per heavy atom. The number of sulfone groups is 1. The van der Waals surface area contributed by atoms with Crippen LogP contribution in [0, 0.1) is 11.3 Å². The smallest absolute Gasteiger partial charge is 0.187 e. The minimum absolute atomic E-state index is 0.286. The van der Waals surface area contributed by atoms with Crippen LogP contribution >= 0.6 is 0 Å². The quantitative estimate of drug-likeness (QED) is 0.787. The number of rotatable bonds is 3. The Hall–Kier alpha value is -1.80. The van der Waals surface area contributed by atoms with E-state index in [1.165, 1.54) is 6.20 Å². The van der Waals surface area contributed by atoms with Gasteiger partial charge in [-0.15, -0.1) is 0 Å². The summed E-state index contributed by atoms with van der Waals surface area (Å²) in [6.07, 6.45) is 2.18. The molecule has 0 atom stereocenters. The first-order valence-corrected chi connectivity index (χ1v) is 6.05. The Kier molecular flexibility index (Phi) is 3.47. The van der Waals surface area contributed by atoms with Crippen LogP contribution in [-0.4, -0.2) is 14.7 Å². The molecule has 15 heavy (non-hydrogen) atoms. The molecule has 0 aliphatic carbocycles. The highest BCUT2D eigenvalue weighted by atomic mass is 32.2. The molecule has 78 valence electrons. The van der Waals surface area contributed by atoms with Gasteiger partial charge in [0.25, 0.3) is 0 Å². The zero-order valence-electron chi connectivity index (χ0n) is 8.14. The molecular formula is C10H10N2O2S. The van der Waals surface area contributed by atoms with Crippen LogP contribution in [0.1, 0.15) is 0 Å². The minimum Gasteiger partial charge on any atom is -0.360 e. The van der Waals surface area contributed by atoms with Gasteiger partial charge in [0.2, 0.25) is 0 Å². The number of anilines is 1. The molecule has 0 spiro atoms. The van der Waals surface area contributed by atoms with Crippen molar-refractivity contribution in [3.05, 3.63) is 41.4 Å². The number of hydrogen-bond donors (Lipinski definition) is 1. The Labute approximate surface area is 88.8 Å². The predicted molar refractivity (Wildman–Crippen MR) is 58.6 cm³/mol. The molecule has 0 amide bonds. The lowest BCUT2D eigenvalue weighted by Crippen LogP contribution is -2.01. The van der Waals surface area contributed by atoms with Crippen molar-refractivity contribution >= 4 is 15.5 Å². The SMILES string of the molecule is CS(=O)(=O)C(C#N)=CNc1ccccc1. The van der Waals surface area contributed by atoms with E-state index in [0.29, 0.717) is 0 Å². The van der Waals surface area contributed by atoms with Gasteiger partial charge in [-0.1, -0.05) is 18.2 Å². The molecule has 0 saturated heterocycles. The summed E-state index contributed by atoms with van der Waals surface area (Å²) < 4.78 is 22.1. The van der Waals surface area contributed by atoms with Gasteiger partial charge < -0.3 is 5.32 Å². The van der Waals surface area contributed by atoms with E-state index >= 15 is 0 Å². The first-order chi connectivity index (χ1) is 7.04. The Bertz CT molecular complexity index is 498. The third-order valence-electron chi connectivity index (χ3n) is 1.65. The molecular weight excluding hydrogens is 212 g/mol. The highest BCUT2D eigenvalue weighted by Gasteiger charge is 2.09. The van der Waals surface area contributed by atoms with Crippen LogP contribution in [0.5, 0.6) is 0 Å². The number of nitriles is 1. The molecule has 0 fully saturated rings. The first kappa shape index (κ1) is 11.3. The average molecular weight is 222 g/mol. The normalized spacial score (nSPS) is 11.9. The van der Waals surface area contributed by atoms with E-state index in [2.05, 4.69) is 5.32 Å². The first-order valence-electron chi connectivity index (χ1n) is 4.16. The number of para-hydroxylation sites is 1. The number of allylic oxidation sites excluding steroid dienone is 1. The summed E-state index contributed by atoms with van der Waals surface area (Å²) in [5, 5.41) is 11.3. The summed E-state index contributed by atoms with van der Waals surface area (Å²) in [5.41, 5.74) is 0.730. The summed E-state index contributed by atoms with van der Waals surface area (Å²) in [6.45, 7) is 0. The van der Waals surface area contributed by atoms with Gasteiger partial charge in [-0.2, -0.15) is 5.26 Å². The zero-order valence-corrected chi connectivity index (χ0v) is 8.95. The number of nitrogens with one attached hydrogen (secondary N) is 1. The number of hydrogen-bond acceptors (Lipinski definition) is 4. The van der Waals surface area contributed by atoms with Crippen LogP contribution < -0.4 is 5.32 Å². The molecule has 1 aromatic carbocycles. The summed E-state index contributed by atoms with van der Waals surface area (Å²) in [6, 6.07) is 10.6. The topological polar surface area (TPSA) is 70.0 Å². The van der Waals surface area contributed by atoms with Gasteiger partial charge in [0, 0.05) is 18.1 Å². The second-order valence-electron chi connectivity index (χ2n) is 2.90. The lowest BCUT2D eigenvalue weighted by atomic mass is 10.3. The van der Waals surface area contributed by atoms with E-state index in [0.717, 1.165) is 11.9 Å². The fourth-order valence-electron chi connectivity index (χ4n) is 0.905. The standard InChI is InChI=1S/C10H10N2O2S/c1-15(13,14)10(7-11)8-12-9-5-3-2-4-6-9/h2-6,8,12H,1H3. The van der Waals surface area contributed by atoms with Crippen LogP contribution in [0.3, 0.4) is 0 Å². The maximum atomic E-state index is 11.1. The molecule has 4 nitrogen and oxygen atoms in total. The Morgan fingerprint density at radius 1 is 1.40 bits per heavy atom. The lowest BCUT2D eigenvalue weighted by molar-refractivity contribution is 0.608. The third kappa shape index (κ3) is 3.44. The van der Waals surface area contributed by atoms with E-state index < -0.39 is 9.84 Å². The van der Waals surface area contributed by atoms with Crippen molar-refractivity contribution in [1.29, 1.82) is 5.26 Å². The van der Waals surface area contributed by atoms with Crippen molar-refractivity contribution in [3.63, 3.8) is 0 Å². The van der Waals surface area contributed by atoms with E-state index in [4.69, 9.17) is 5.26 Å². The molecule has 0 saturated carbocycles. The van der Waals surface area contributed by atoms with Crippen molar-refractivity contribution in [1.82, 2.24) is 0 Å². The third-order valence-corrected chi connectivity index (χ3v) is 2.66. The van der Waals surface area contributed by atoms with Crippen molar-refractivity contribution in [2.45, 2.75) is 0 Å². The monoisotopic (exact) mass is 222 g/mol. The molecule has 0 heterocycles. The summed E-state index contributed by atoms with van der Waals surface area (Å²) in [7, 11) is -3.45. The van der Waals surface area contributed by atoms with Crippen LogP contribution in [0.2, 0.25) is 0 Å². The molecule has 0 radical (unpaired) electrons. The molecule has 1 N–H and O–H groups in total. The molecule has 1 rings (SSSR count). The van der Waals surface area contributed by atoms with Gasteiger partial charge in [0.1, 0.15) is 6.07 Å². The molecule has 5 heteroatoms. The largest absolute Gasteiger partial charge is 0.360 e. The Balaban J connectivity index is 2.87. The van der Waals surface area contributed by atoms with Crippen LogP contribution in [0.25, 0.3) is 0 Å². The van der Waals surface area contributed by atoms with Gasteiger partial charge in [-0.05, 0) is 12.1 Å². The van der Waals surface area contributed by atoms with Crippen LogP contribution in [-0.2, 0) is 9.84 Å².